The van der Waals surface area contributed by atoms with Gasteiger partial charge in [-0.2, -0.15) is 0 Å². The van der Waals surface area contributed by atoms with Crippen LogP contribution in [0, 0.1) is 6.92 Å². The second-order valence-corrected chi connectivity index (χ2v) is 4.86. The third-order valence-corrected chi connectivity index (χ3v) is 3.48. The molecule has 2 heterocycles. The summed E-state index contributed by atoms with van der Waals surface area (Å²) in [5.41, 5.74) is 2.63. The molecule has 98 valence electrons. The molecule has 0 bridgehead atoms. The number of carbonyl (C=O) groups excluding carboxylic acids is 1. The number of rotatable bonds is 1. The van der Waals surface area contributed by atoms with Crippen LogP contribution in [0.3, 0.4) is 0 Å². The summed E-state index contributed by atoms with van der Waals surface area (Å²) < 4.78 is 0. The number of fused-ring (bicyclic) bond motifs is 1. The van der Waals surface area contributed by atoms with Gasteiger partial charge in [-0.05, 0) is 19.1 Å². The average Bonchev–Trinajstić information content (AvgIpc) is 2.41. The monoisotopic (exact) mass is 256 g/mol. The Morgan fingerprint density at radius 1 is 1.11 bits per heavy atom. The van der Waals surface area contributed by atoms with Gasteiger partial charge >= 0.3 is 0 Å². The van der Waals surface area contributed by atoms with Gasteiger partial charge in [0.25, 0.3) is 0 Å². The highest BCUT2D eigenvalue weighted by Crippen LogP contribution is 2.21. The van der Waals surface area contributed by atoms with Crippen molar-refractivity contribution in [2.75, 3.05) is 31.6 Å². The lowest BCUT2D eigenvalue weighted by Gasteiger charge is -2.33. The normalized spacial score (nSPS) is 16.2. The lowest BCUT2D eigenvalue weighted by molar-refractivity contribution is -0.129. The zero-order valence-electron chi connectivity index (χ0n) is 11.1. The van der Waals surface area contributed by atoms with Crippen LogP contribution in [0.1, 0.15) is 5.69 Å². The van der Waals surface area contributed by atoms with Gasteiger partial charge in [0.05, 0.1) is 23.3 Å². The standard InChI is InChI=1S/C14H16N4O/c1-10-14(18-8-7-17(2)13(19)9-18)16-12-6-4-3-5-11(12)15-10/h3-6H,7-9H2,1-2H3. The van der Waals surface area contributed by atoms with E-state index in [4.69, 9.17) is 0 Å². The maximum atomic E-state index is 11.8. The lowest BCUT2D eigenvalue weighted by Crippen LogP contribution is -2.49. The van der Waals surface area contributed by atoms with Crippen molar-refractivity contribution < 1.29 is 4.79 Å². The summed E-state index contributed by atoms with van der Waals surface area (Å²) in [6.07, 6.45) is 0. The Hall–Kier alpha value is -2.17. The molecule has 1 aliphatic rings. The molecule has 1 aromatic heterocycles. The Morgan fingerprint density at radius 2 is 1.79 bits per heavy atom. The van der Waals surface area contributed by atoms with E-state index in [1.54, 1.807) is 4.90 Å². The quantitative estimate of drug-likeness (QED) is 0.769. The smallest absolute Gasteiger partial charge is 0.241 e. The van der Waals surface area contributed by atoms with Gasteiger partial charge in [0.2, 0.25) is 5.91 Å². The van der Waals surface area contributed by atoms with Crippen molar-refractivity contribution in [2.24, 2.45) is 0 Å². The molecule has 0 saturated carbocycles. The topological polar surface area (TPSA) is 49.3 Å². The van der Waals surface area contributed by atoms with Gasteiger partial charge in [0.15, 0.2) is 5.82 Å². The fraction of sp³-hybridized carbons (Fsp3) is 0.357. The Bertz CT molecular complexity index is 640. The van der Waals surface area contributed by atoms with Crippen molar-refractivity contribution in [1.29, 1.82) is 0 Å². The van der Waals surface area contributed by atoms with Crippen LogP contribution in [-0.4, -0.2) is 47.5 Å². The zero-order valence-corrected chi connectivity index (χ0v) is 11.1. The summed E-state index contributed by atoms with van der Waals surface area (Å²) in [5, 5.41) is 0. The Labute approximate surface area is 111 Å². The van der Waals surface area contributed by atoms with E-state index in [2.05, 4.69) is 9.97 Å². The number of para-hydroxylation sites is 2. The first-order valence-electron chi connectivity index (χ1n) is 6.37. The van der Waals surface area contributed by atoms with Crippen LogP contribution < -0.4 is 4.90 Å². The van der Waals surface area contributed by atoms with Gasteiger partial charge in [-0.3, -0.25) is 4.79 Å². The van der Waals surface area contributed by atoms with Gasteiger partial charge in [-0.25, -0.2) is 9.97 Å². The molecule has 1 aromatic carbocycles. The number of anilines is 1. The van der Waals surface area contributed by atoms with E-state index in [1.165, 1.54) is 0 Å². The minimum absolute atomic E-state index is 0.126. The summed E-state index contributed by atoms with van der Waals surface area (Å²) in [6.45, 7) is 3.85. The molecule has 1 fully saturated rings. The number of hydrogen-bond donors (Lipinski definition) is 0. The SMILES string of the molecule is Cc1nc2ccccc2nc1N1CCN(C)C(=O)C1. The number of amides is 1. The van der Waals surface area contributed by atoms with Gasteiger partial charge in [-0.1, -0.05) is 12.1 Å². The molecule has 0 atom stereocenters. The highest BCUT2D eigenvalue weighted by atomic mass is 16.2. The van der Waals surface area contributed by atoms with Crippen molar-refractivity contribution in [2.45, 2.75) is 6.92 Å². The molecule has 5 heteroatoms. The minimum Gasteiger partial charge on any atom is -0.344 e. The van der Waals surface area contributed by atoms with Crippen molar-refractivity contribution in [3.8, 4) is 0 Å². The molecule has 19 heavy (non-hydrogen) atoms. The summed E-state index contributed by atoms with van der Waals surface area (Å²) >= 11 is 0. The number of likely N-dealkylation sites (N-methyl/N-ethyl adjacent to an activating group) is 1. The Morgan fingerprint density at radius 3 is 2.47 bits per heavy atom. The molecule has 2 aromatic rings. The van der Waals surface area contributed by atoms with Crippen LogP contribution in [0.4, 0.5) is 5.82 Å². The molecule has 1 aliphatic heterocycles. The summed E-state index contributed by atoms with van der Waals surface area (Å²) in [5.74, 6) is 0.945. The Balaban J connectivity index is 2.00. The molecule has 0 spiro atoms. The van der Waals surface area contributed by atoms with E-state index in [-0.39, 0.29) is 5.91 Å². The lowest BCUT2D eigenvalue weighted by atomic mass is 10.2. The van der Waals surface area contributed by atoms with E-state index in [0.29, 0.717) is 6.54 Å². The highest BCUT2D eigenvalue weighted by molar-refractivity contribution is 5.83. The first kappa shape index (κ1) is 11.9. The van der Waals surface area contributed by atoms with Crippen LogP contribution in [-0.2, 0) is 4.79 Å². The largest absolute Gasteiger partial charge is 0.344 e. The van der Waals surface area contributed by atoms with E-state index in [0.717, 1.165) is 35.6 Å². The molecular formula is C14H16N4O. The third kappa shape index (κ3) is 2.12. The van der Waals surface area contributed by atoms with Crippen molar-refractivity contribution in [3.05, 3.63) is 30.0 Å². The molecule has 1 saturated heterocycles. The third-order valence-electron chi connectivity index (χ3n) is 3.48. The van der Waals surface area contributed by atoms with Gasteiger partial charge in [0, 0.05) is 20.1 Å². The van der Waals surface area contributed by atoms with Crippen LogP contribution in [0.25, 0.3) is 11.0 Å². The summed E-state index contributed by atoms with van der Waals surface area (Å²) in [6, 6.07) is 7.80. The highest BCUT2D eigenvalue weighted by Gasteiger charge is 2.23. The molecule has 0 unspecified atom stereocenters. The molecule has 5 nitrogen and oxygen atoms in total. The van der Waals surface area contributed by atoms with E-state index < -0.39 is 0 Å². The fourth-order valence-corrected chi connectivity index (χ4v) is 2.32. The first-order valence-corrected chi connectivity index (χ1v) is 6.37. The van der Waals surface area contributed by atoms with Crippen LogP contribution in [0.2, 0.25) is 0 Å². The fourth-order valence-electron chi connectivity index (χ4n) is 2.32. The number of hydrogen-bond acceptors (Lipinski definition) is 4. The molecule has 0 N–H and O–H groups in total. The average molecular weight is 256 g/mol. The summed E-state index contributed by atoms with van der Waals surface area (Å²) in [7, 11) is 1.83. The number of aryl methyl sites for hydroxylation is 1. The van der Waals surface area contributed by atoms with Gasteiger partial charge in [-0.15, -0.1) is 0 Å². The second kappa shape index (κ2) is 4.50. The molecular weight excluding hydrogens is 240 g/mol. The van der Waals surface area contributed by atoms with E-state index in [9.17, 15) is 4.79 Å². The molecule has 0 aliphatic carbocycles. The number of nitrogens with zero attached hydrogens (tertiary/aromatic N) is 4. The molecule has 3 rings (SSSR count). The first-order chi connectivity index (χ1) is 9.15. The van der Waals surface area contributed by atoms with Crippen LogP contribution in [0.5, 0.6) is 0 Å². The van der Waals surface area contributed by atoms with E-state index >= 15 is 0 Å². The van der Waals surface area contributed by atoms with Crippen molar-refractivity contribution in [1.82, 2.24) is 14.9 Å². The molecule has 0 radical (unpaired) electrons. The zero-order chi connectivity index (χ0) is 13.4. The minimum atomic E-state index is 0.126. The Kier molecular flexibility index (Phi) is 2.81. The number of aromatic nitrogens is 2. The van der Waals surface area contributed by atoms with E-state index in [1.807, 2.05) is 43.1 Å². The van der Waals surface area contributed by atoms with Crippen molar-refractivity contribution >= 4 is 22.8 Å². The van der Waals surface area contributed by atoms with Crippen LogP contribution in [0.15, 0.2) is 24.3 Å². The number of benzene rings is 1. The van der Waals surface area contributed by atoms with Gasteiger partial charge < -0.3 is 9.80 Å². The maximum absolute atomic E-state index is 11.8. The second-order valence-electron chi connectivity index (χ2n) is 4.86. The van der Waals surface area contributed by atoms with Crippen molar-refractivity contribution in [3.63, 3.8) is 0 Å². The van der Waals surface area contributed by atoms with Crippen LogP contribution >= 0.6 is 0 Å². The maximum Gasteiger partial charge on any atom is 0.241 e. The predicted molar refractivity (Wildman–Crippen MR) is 74.1 cm³/mol. The predicted octanol–water partition coefficient (Wildman–Crippen LogP) is 1.22. The number of carbonyl (C=O) groups is 1. The van der Waals surface area contributed by atoms with Gasteiger partial charge in [0.1, 0.15) is 0 Å². The molecule has 1 amide bonds. The number of piperazine rings is 1. The summed E-state index contributed by atoms with van der Waals surface area (Å²) in [4.78, 5) is 24.8.